The Balaban J connectivity index is 2.47. The second-order valence-corrected chi connectivity index (χ2v) is 3.96. The van der Waals surface area contributed by atoms with Gasteiger partial charge in [-0.1, -0.05) is 6.92 Å². The van der Waals surface area contributed by atoms with E-state index in [9.17, 15) is 9.59 Å². The Labute approximate surface area is 105 Å². The van der Waals surface area contributed by atoms with E-state index in [1.54, 1.807) is 6.92 Å². The molecule has 0 aromatic carbocycles. The largest absolute Gasteiger partial charge is 0.478 e. The van der Waals surface area contributed by atoms with Gasteiger partial charge in [-0.3, -0.25) is 10.1 Å². The molecule has 3 N–H and O–H groups in total. The van der Waals surface area contributed by atoms with Crippen LogP contribution in [-0.4, -0.2) is 29.6 Å². The number of hydrogen-bond donors (Lipinski definition) is 3. The third-order valence-corrected chi connectivity index (χ3v) is 2.49. The fraction of sp³-hybridized carbons (Fsp3) is 0.500. The van der Waals surface area contributed by atoms with Crippen LogP contribution >= 0.6 is 0 Å². The molecule has 1 amide bonds. The average Bonchev–Trinajstić information content (AvgIpc) is 2.81. The molecular formula is C12H18N2O4. The van der Waals surface area contributed by atoms with Crippen LogP contribution < -0.4 is 10.6 Å². The molecule has 0 radical (unpaired) electrons. The van der Waals surface area contributed by atoms with Gasteiger partial charge in [-0.2, -0.15) is 0 Å². The summed E-state index contributed by atoms with van der Waals surface area (Å²) in [5.41, 5.74) is 0.115. The number of furan rings is 1. The van der Waals surface area contributed by atoms with Crippen LogP contribution in [0, 0.1) is 0 Å². The Morgan fingerprint density at radius 2 is 2.22 bits per heavy atom. The Bertz CT molecular complexity index is 414. The highest BCUT2D eigenvalue weighted by Crippen LogP contribution is 2.10. The first-order chi connectivity index (χ1) is 8.56. The molecule has 1 unspecified atom stereocenters. The molecule has 0 aliphatic rings. The zero-order valence-electron chi connectivity index (χ0n) is 10.5. The maximum Gasteiger partial charge on any atom is 0.339 e. The number of rotatable bonds is 7. The monoisotopic (exact) mass is 254 g/mol. The van der Waals surface area contributed by atoms with Crippen LogP contribution in [0.1, 0.15) is 36.4 Å². The van der Waals surface area contributed by atoms with Crippen molar-refractivity contribution in [1.82, 2.24) is 10.6 Å². The summed E-state index contributed by atoms with van der Waals surface area (Å²) in [6.45, 7) is 4.52. The number of hydrogen-bond acceptors (Lipinski definition) is 4. The summed E-state index contributed by atoms with van der Waals surface area (Å²) in [6, 6.07) is 0.990. The van der Waals surface area contributed by atoms with Crippen molar-refractivity contribution in [2.24, 2.45) is 0 Å². The van der Waals surface area contributed by atoms with Gasteiger partial charge in [0.25, 0.3) is 0 Å². The minimum absolute atomic E-state index is 0.111. The van der Waals surface area contributed by atoms with Gasteiger partial charge in [-0.05, 0) is 19.4 Å². The van der Waals surface area contributed by atoms with Crippen molar-refractivity contribution in [3.8, 4) is 0 Å². The number of aromatic carboxylic acids is 1. The molecule has 6 nitrogen and oxygen atoms in total. The first-order valence-electron chi connectivity index (χ1n) is 5.87. The summed E-state index contributed by atoms with van der Waals surface area (Å²) < 4.78 is 5.06. The number of carboxylic acids is 1. The molecule has 0 spiro atoms. The average molecular weight is 254 g/mol. The van der Waals surface area contributed by atoms with E-state index in [1.807, 2.05) is 6.92 Å². The van der Waals surface area contributed by atoms with E-state index >= 15 is 0 Å². The van der Waals surface area contributed by atoms with Crippen molar-refractivity contribution in [2.45, 2.75) is 32.9 Å². The van der Waals surface area contributed by atoms with Crippen LogP contribution in [0.15, 0.2) is 16.7 Å². The predicted octanol–water partition coefficient (Wildman–Crippen LogP) is 0.982. The molecule has 0 saturated carbocycles. The molecule has 0 saturated heterocycles. The molecule has 0 fully saturated rings. The number of amides is 1. The number of carboxylic acid groups (broad SMARTS) is 1. The van der Waals surface area contributed by atoms with Gasteiger partial charge in [0.15, 0.2) is 0 Å². The molecule has 0 aliphatic carbocycles. The van der Waals surface area contributed by atoms with Crippen molar-refractivity contribution >= 4 is 11.9 Å². The molecule has 1 aromatic rings. The predicted molar refractivity (Wildman–Crippen MR) is 65.3 cm³/mol. The molecule has 0 bridgehead atoms. The smallest absolute Gasteiger partial charge is 0.339 e. The van der Waals surface area contributed by atoms with Gasteiger partial charge in [0.1, 0.15) is 11.3 Å². The zero-order valence-corrected chi connectivity index (χ0v) is 10.5. The van der Waals surface area contributed by atoms with Gasteiger partial charge in [-0.25, -0.2) is 4.79 Å². The number of carbonyl (C=O) groups is 2. The lowest BCUT2D eigenvalue weighted by Gasteiger charge is -2.12. The summed E-state index contributed by atoms with van der Waals surface area (Å²) in [7, 11) is 0. The molecule has 100 valence electrons. The normalized spacial score (nSPS) is 12.1. The van der Waals surface area contributed by atoms with Crippen LogP contribution in [0.5, 0.6) is 0 Å². The molecule has 1 aromatic heterocycles. The third-order valence-electron chi connectivity index (χ3n) is 2.49. The summed E-state index contributed by atoms with van der Waals surface area (Å²) in [5.74, 6) is -0.832. The lowest BCUT2D eigenvalue weighted by Crippen LogP contribution is -2.42. The van der Waals surface area contributed by atoms with Crippen molar-refractivity contribution in [3.05, 3.63) is 23.7 Å². The van der Waals surface area contributed by atoms with Gasteiger partial charge < -0.3 is 14.8 Å². The second kappa shape index (κ2) is 6.80. The fourth-order valence-corrected chi connectivity index (χ4v) is 1.41. The Morgan fingerprint density at radius 1 is 1.50 bits per heavy atom. The standard InChI is InChI=1S/C12H18N2O4/c1-3-5-13-11(15)8(2)14-7-10-9(12(16)17)4-6-18-10/h4,6,8,14H,3,5,7H2,1-2H3,(H,13,15)(H,16,17). The zero-order chi connectivity index (χ0) is 13.5. The Morgan fingerprint density at radius 3 is 2.83 bits per heavy atom. The van der Waals surface area contributed by atoms with E-state index < -0.39 is 12.0 Å². The maximum atomic E-state index is 11.6. The van der Waals surface area contributed by atoms with Crippen LogP contribution in [0.25, 0.3) is 0 Å². The Kier molecular flexibility index (Phi) is 5.38. The van der Waals surface area contributed by atoms with E-state index in [-0.39, 0.29) is 18.0 Å². The maximum absolute atomic E-state index is 11.6. The van der Waals surface area contributed by atoms with Crippen LogP contribution in [0.4, 0.5) is 0 Å². The SMILES string of the molecule is CCCNC(=O)C(C)NCc1occc1C(=O)O. The lowest BCUT2D eigenvalue weighted by atomic mass is 10.2. The second-order valence-electron chi connectivity index (χ2n) is 3.96. The highest BCUT2D eigenvalue weighted by molar-refractivity contribution is 5.88. The van der Waals surface area contributed by atoms with Crippen LogP contribution in [0.2, 0.25) is 0 Å². The van der Waals surface area contributed by atoms with E-state index in [1.165, 1.54) is 12.3 Å². The molecule has 1 atom stereocenters. The van der Waals surface area contributed by atoms with Crippen LogP contribution in [-0.2, 0) is 11.3 Å². The minimum atomic E-state index is -1.04. The quantitative estimate of drug-likeness (QED) is 0.674. The van der Waals surface area contributed by atoms with Gasteiger partial charge in [-0.15, -0.1) is 0 Å². The van der Waals surface area contributed by atoms with Gasteiger partial charge in [0.2, 0.25) is 5.91 Å². The summed E-state index contributed by atoms with van der Waals surface area (Å²) >= 11 is 0. The summed E-state index contributed by atoms with van der Waals surface area (Å²) in [6.07, 6.45) is 2.20. The van der Waals surface area contributed by atoms with Gasteiger partial charge in [0.05, 0.1) is 18.8 Å². The lowest BCUT2D eigenvalue weighted by molar-refractivity contribution is -0.122. The molecule has 18 heavy (non-hydrogen) atoms. The molecule has 6 heteroatoms. The van der Waals surface area contributed by atoms with E-state index in [0.717, 1.165) is 6.42 Å². The highest BCUT2D eigenvalue weighted by atomic mass is 16.4. The minimum Gasteiger partial charge on any atom is -0.478 e. The van der Waals surface area contributed by atoms with E-state index in [2.05, 4.69) is 10.6 Å². The van der Waals surface area contributed by atoms with Gasteiger partial charge >= 0.3 is 5.97 Å². The Hall–Kier alpha value is -1.82. The molecular weight excluding hydrogens is 236 g/mol. The molecule has 0 aliphatic heterocycles. The van der Waals surface area contributed by atoms with E-state index in [4.69, 9.17) is 9.52 Å². The number of nitrogens with one attached hydrogen (secondary N) is 2. The van der Waals surface area contributed by atoms with Crippen molar-refractivity contribution < 1.29 is 19.1 Å². The third kappa shape index (κ3) is 3.89. The molecule has 1 rings (SSSR count). The summed E-state index contributed by atoms with van der Waals surface area (Å²) in [5, 5.41) is 14.5. The topological polar surface area (TPSA) is 91.6 Å². The van der Waals surface area contributed by atoms with Crippen LogP contribution in [0.3, 0.4) is 0 Å². The number of carbonyl (C=O) groups excluding carboxylic acids is 1. The summed E-state index contributed by atoms with van der Waals surface area (Å²) in [4.78, 5) is 22.4. The van der Waals surface area contributed by atoms with Crippen molar-refractivity contribution in [3.63, 3.8) is 0 Å². The molecule has 1 heterocycles. The van der Waals surface area contributed by atoms with Gasteiger partial charge in [0, 0.05) is 6.54 Å². The highest BCUT2D eigenvalue weighted by Gasteiger charge is 2.16. The van der Waals surface area contributed by atoms with Crippen molar-refractivity contribution in [2.75, 3.05) is 6.54 Å². The fourth-order valence-electron chi connectivity index (χ4n) is 1.41. The first kappa shape index (κ1) is 14.2. The van der Waals surface area contributed by atoms with E-state index in [0.29, 0.717) is 12.3 Å². The first-order valence-corrected chi connectivity index (χ1v) is 5.87. The van der Waals surface area contributed by atoms with Crippen molar-refractivity contribution in [1.29, 1.82) is 0 Å².